The van der Waals surface area contributed by atoms with Crippen LogP contribution < -0.4 is 11.3 Å². The molecule has 0 aliphatic rings. The first kappa shape index (κ1) is 15.9. The molecule has 0 spiro atoms. The molecule has 6 nitrogen and oxygen atoms in total. The van der Waals surface area contributed by atoms with Gasteiger partial charge in [0.15, 0.2) is 0 Å². The first-order valence-electron chi connectivity index (χ1n) is 5.51. The van der Waals surface area contributed by atoms with Crippen molar-refractivity contribution in [1.29, 1.82) is 0 Å². The molecule has 0 fully saturated rings. The number of carboxylic acid groups (broad SMARTS) is 2. The van der Waals surface area contributed by atoms with E-state index in [2.05, 4.69) is 37.5 Å². The van der Waals surface area contributed by atoms with Gasteiger partial charge in [-0.05, 0) is 24.0 Å². The fraction of sp³-hybridized carbons (Fsp3) is 0.333. The average molecular weight is 254 g/mol. The Morgan fingerprint density at radius 1 is 1.11 bits per heavy atom. The van der Waals surface area contributed by atoms with E-state index in [9.17, 15) is 0 Å². The Morgan fingerprint density at radius 3 is 1.72 bits per heavy atom. The minimum Gasteiger partial charge on any atom is -0.473 e. The van der Waals surface area contributed by atoms with Crippen molar-refractivity contribution in [3.05, 3.63) is 29.3 Å². The maximum atomic E-state index is 9.10. The molecular weight excluding hydrogens is 236 g/mol. The van der Waals surface area contributed by atoms with E-state index < -0.39 is 11.9 Å². The van der Waals surface area contributed by atoms with E-state index in [1.165, 1.54) is 11.1 Å². The summed E-state index contributed by atoms with van der Waals surface area (Å²) >= 11 is 0. The fourth-order valence-corrected chi connectivity index (χ4v) is 1.43. The highest BCUT2D eigenvalue weighted by atomic mass is 16.4. The molecular formula is C12H18N2O4. The Bertz CT molecular complexity index is 384. The summed E-state index contributed by atoms with van der Waals surface area (Å²) < 4.78 is 0. The Morgan fingerprint density at radius 2 is 1.50 bits per heavy atom. The van der Waals surface area contributed by atoms with Gasteiger partial charge in [-0.3, -0.25) is 5.84 Å². The van der Waals surface area contributed by atoms with Crippen LogP contribution in [0.2, 0.25) is 0 Å². The zero-order valence-electron chi connectivity index (χ0n) is 10.4. The van der Waals surface area contributed by atoms with Crippen molar-refractivity contribution < 1.29 is 19.8 Å². The van der Waals surface area contributed by atoms with Crippen LogP contribution in [0.25, 0.3) is 0 Å². The normalized spacial score (nSPS) is 9.06. The van der Waals surface area contributed by atoms with Crippen LogP contribution in [0.5, 0.6) is 0 Å². The number of hydrazine groups is 1. The van der Waals surface area contributed by atoms with Crippen LogP contribution in [0, 0.1) is 0 Å². The minimum absolute atomic E-state index is 1.02. The third kappa shape index (κ3) is 4.84. The molecule has 5 N–H and O–H groups in total. The van der Waals surface area contributed by atoms with Crippen molar-refractivity contribution in [3.63, 3.8) is 0 Å². The molecule has 1 aromatic rings. The monoisotopic (exact) mass is 254 g/mol. The zero-order valence-corrected chi connectivity index (χ0v) is 10.4. The number of anilines is 1. The number of carboxylic acids is 2. The molecule has 1 rings (SSSR count). The maximum Gasteiger partial charge on any atom is 0.414 e. The molecule has 0 radical (unpaired) electrons. The predicted octanol–water partition coefficient (Wildman–Crippen LogP) is 1.25. The number of rotatable bonds is 3. The maximum absolute atomic E-state index is 9.10. The highest BCUT2D eigenvalue weighted by molar-refractivity contribution is 6.27. The van der Waals surface area contributed by atoms with Crippen LogP contribution in [-0.4, -0.2) is 22.2 Å². The second kappa shape index (κ2) is 8.08. The number of aliphatic carboxylic acids is 2. The lowest BCUT2D eigenvalue weighted by Crippen LogP contribution is -2.11. The number of benzene rings is 1. The number of nitrogens with one attached hydrogen (secondary N) is 1. The summed E-state index contributed by atoms with van der Waals surface area (Å²) in [7, 11) is 0. The second-order valence-electron chi connectivity index (χ2n) is 3.41. The topological polar surface area (TPSA) is 113 Å². The number of nitrogen functional groups attached to an aromatic ring is 1. The lowest BCUT2D eigenvalue weighted by molar-refractivity contribution is -0.159. The van der Waals surface area contributed by atoms with Crippen LogP contribution >= 0.6 is 0 Å². The molecule has 1 aromatic carbocycles. The Kier molecular flexibility index (Phi) is 7.14. The van der Waals surface area contributed by atoms with E-state index in [1.54, 1.807) is 0 Å². The molecule has 0 bridgehead atoms. The molecule has 0 amide bonds. The van der Waals surface area contributed by atoms with Crippen LogP contribution in [0.4, 0.5) is 5.69 Å². The summed E-state index contributed by atoms with van der Waals surface area (Å²) in [6, 6.07) is 6.29. The second-order valence-corrected chi connectivity index (χ2v) is 3.41. The first-order valence-corrected chi connectivity index (χ1v) is 5.51. The third-order valence-electron chi connectivity index (χ3n) is 2.33. The highest BCUT2D eigenvalue weighted by Gasteiger charge is 2.04. The van der Waals surface area contributed by atoms with Crippen molar-refractivity contribution in [1.82, 2.24) is 0 Å². The Labute approximate surface area is 105 Å². The molecule has 0 atom stereocenters. The average Bonchev–Trinajstić information content (AvgIpc) is 2.37. The van der Waals surface area contributed by atoms with Crippen molar-refractivity contribution in [2.24, 2.45) is 5.84 Å². The van der Waals surface area contributed by atoms with Gasteiger partial charge in [-0.25, -0.2) is 9.59 Å². The van der Waals surface area contributed by atoms with Gasteiger partial charge >= 0.3 is 11.9 Å². The van der Waals surface area contributed by atoms with Gasteiger partial charge in [0.05, 0.1) is 5.69 Å². The summed E-state index contributed by atoms with van der Waals surface area (Å²) in [5.41, 5.74) is 6.44. The van der Waals surface area contributed by atoms with Gasteiger partial charge in [0.2, 0.25) is 0 Å². The third-order valence-corrected chi connectivity index (χ3v) is 2.33. The lowest BCUT2D eigenvalue weighted by atomic mass is 10.0. The number of aryl methyl sites for hydroxylation is 2. The molecule has 18 heavy (non-hydrogen) atoms. The molecule has 0 unspecified atom stereocenters. The van der Waals surface area contributed by atoms with Crippen molar-refractivity contribution in [2.45, 2.75) is 26.7 Å². The molecule has 100 valence electrons. The molecule has 0 saturated heterocycles. The number of nitrogens with two attached hydrogens (primary N) is 1. The summed E-state index contributed by atoms with van der Waals surface area (Å²) in [5.74, 6) is 1.80. The standard InChI is InChI=1S/C10H16N2.C2H2O4/c1-3-8-6-5-7-9(4-2)10(8)12-11;3-1(4)2(5)6/h5-7,12H,3-4,11H2,1-2H3;(H,3,4)(H,5,6). The van der Waals surface area contributed by atoms with Gasteiger partial charge in [0.1, 0.15) is 0 Å². The van der Waals surface area contributed by atoms with Crippen molar-refractivity contribution in [3.8, 4) is 0 Å². The number of para-hydroxylation sites is 1. The summed E-state index contributed by atoms with van der Waals surface area (Å²) in [6.07, 6.45) is 2.04. The van der Waals surface area contributed by atoms with Gasteiger partial charge in [-0.15, -0.1) is 0 Å². The lowest BCUT2D eigenvalue weighted by Gasteiger charge is -2.11. The van der Waals surface area contributed by atoms with Gasteiger partial charge in [0, 0.05) is 0 Å². The van der Waals surface area contributed by atoms with Gasteiger partial charge in [-0.2, -0.15) is 0 Å². The molecule has 0 aliphatic carbocycles. The van der Waals surface area contributed by atoms with E-state index in [4.69, 9.17) is 25.6 Å². The van der Waals surface area contributed by atoms with Crippen LogP contribution in [0.1, 0.15) is 25.0 Å². The van der Waals surface area contributed by atoms with E-state index in [0.717, 1.165) is 18.5 Å². The van der Waals surface area contributed by atoms with E-state index in [1.807, 2.05) is 0 Å². The van der Waals surface area contributed by atoms with Crippen molar-refractivity contribution in [2.75, 3.05) is 5.43 Å². The van der Waals surface area contributed by atoms with Crippen LogP contribution in [0.3, 0.4) is 0 Å². The molecule has 0 aliphatic heterocycles. The minimum atomic E-state index is -1.82. The predicted molar refractivity (Wildman–Crippen MR) is 68.3 cm³/mol. The molecule has 6 heteroatoms. The number of carbonyl (C=O) groups is 2. The van der Waals surface area contributed by atoms with Gasteiger partial charge in [0.25, 0.3) is 0 Å². The van der Waals surface area contributed by atoms with Gasteiger partial charge in [-0.1, -0.05) is 32.0 Å². The number of hydrogen-bond acceptors (Lipinski definition) is 4. The smallest absolute Gasteiger partial charge is 0.414 e. The molecule has 0 heterocycles. The largest absolute Gasteiger partial charge is 0.473 e. The van der Waals surface area contributed by atoms with Crippen molar-refractivity contribution >= 4 is 17.6 Å². The SMILES string of the molecule is CCc1cccc(CC)c1NN.O=C(O)C(=O)O. The van der Waals surface area contributed by atoms with E-state index in [0.29, 0.717) is 0 Å². The van der Waals surface area contributed by atoms with Crippen LogP contribution in [0.15, 0.2) is 18.2 Å². The van der Waals surface area contributed by atoms with E-state index in [-0.39, 0.29) is 0 Å². The summed E-state index contributed by atoms with van der Waals surface area (Å²) in [4.78, 5) is 18.2. The fourth-order valence-electron chi connectivity index (χ4n) is 1.43. The quantitative estimate of drug-likeness (QED) is 0.367. The Hall–Kier alpha value is -2.08. The number of hydrogen-bond donors (Lipinski definition) is 4. The van der Waals surface area contributed by atoms with E-state index >= 15 is 0 Å². The first-order chi connectivity index (χ1) is 8.47. The van der Waals surface area contributed by atoms with Gasteiger partial charge < -0.3 is 15.6 Å². The zero-order chi connectivity index (χ0) is 14.1. The summed E-state index contributed by atoms with van der Waals surface area (Å²) in [5, 5.41) is 14.8. The highest BCUT2D eigenvalue weighted by Crippen LogP contribution is 2.20. The van der Waals surface area contributed by atoms with Crippen LogP contribution in [-0.2, 0) is 22.4 Å². The molecule has 0 saturated carbocycles. The Balaban J connectivity index is 0.000000411. The summed E-state index contributed by atoms with van der Waals surface area (Å²) in [6.45, 7) is 4.27. The molecule has 0 aromatic heterocycles.